The maximum Gasteiger partial charge on any atom is 0.357 e. The zero-order valence-electron chi connectivity index (χ0n) is 30.7. The van der Waals surface area contributed by atoms with E-state index in [9.17, 15) is 49.5 Å². The molecule has 0 saturated carbocycles. The number of carbonyl (C=O) groups excluding carboxylic acids is 4. The minimum absolute atomic E-state index is 0.323. The number of aliphatic imine (C=N–C) groups is 1. The summed E-state index contributed by atoms with van der Waals surface area (Å²) in [6, 6.07) is 0. The molecule has 0 spiro atoms. The second-order valence-corrected chi connectivity index (χ2v) is 13.3. The van der Waals surface area contributed by atoms with E-state index in [1.807, 2.05) is 5.16 Å². The van der Waals surface area contributed by atoms with Gasteiger partial charge in [-0.3, -0.25) is 19.8 Å². The Morgan fingerprint density at radius 3 is 2.37 bits per heavy atom. The average Bonchev–Trinajstić information content (AvgIpc) is 3.11. The van der Waals surface area contributed by atoms with Crippen molar-refractivity contribution < 1.29 is 82.7 Å². The maximum absolute atomic E-state index is 13.3. The lowest BCUT2D eigenvalue weighted by atomic mass is 9.74. The van der Waals surface area contributed by atoms with E-state index < -0.39 is 132 Å². The van der Waals surface area contributed by atoms with E-state index in [1.165, 1.54) is 34.0 Å². The Labute approximate surface area is 315 Å². The van der Waals surface area contributed by atoms with E-state index in [0.29, 0.717) is 6.42 Å². The number of hydrogen-bond donors (Lipinski definition) is 6. The van der Waals surface area contributed by atoms with Gasteiger partial charge in [0, 0.05) is 20.5 Å². The predicted octanol–water partition coefficient (Wildman–Crippen LogP) is 0.461. The number of rotatable bonds is 14. The van der Waals surface area contributed by atoms with Crippen molar-refractivity contribution >= 4 is 52.8 Å². The third kappa shape index (κ3) is 8.93. The first-order valence-electron chi connectivity index (χ1n) is 16.9. The molecule has 0 radical (unpaired) electrons. The van der Waals surface area contributed by atoms with Crippen molar-refractivity contribution in [3.8, 4) is 0 Å². The molecule has 2 fully saturated rings. The zero-order valence-corrected chi connectivity index (χ0v) is 31.5. The van der Waals surface area contributed by atoms with E-state index in [2.05, 4.69) is 17.2 Å². The van der Waals surface area contributed by atoms with Crippen LogP contribution in [0.15, 0.2) is 28.1 Å². The summed E-state index contributed by atoms with van der Waals surface area (Å²) >= 11 is 4.60. The molecule has 0 amide bonds. The molecule has 0 aromatic heterocycles. The summed E-state index contributed by atoms with van der Waals surface area (Å²) in [5.74, 6) is -7.65. The number of isothiocyanates is 1. The first-order chi connectivity index (χ1) is 25.2. The second-order valence-electron chi connectivity index (χ2n) is 13.1. The number of hydrogen-bond acceptors (Lipinski definition) is 19. The highest BCUT2D eigenvalue weighted by molar-refractivity contribution is 7.78. The van der Waals surface area contributed by atoms with Gasteiger partial charge in [0.15, 0.2) is 35.1 Å². The first-order valence-corrected chi connectivity index (χ1v) is 17.3. The molecular formula is C34H46N2O17S. The highest BCUT2D eigenvalue weighted by Crippen LogP contribution is 2.42. The molecule has 3 aliphatic rings. The van der Waals surface area contributed by atoms with Gasteiger partial charge in [0.25, 0.3) is 0 Å². The van der Waals surface area contributed by atoms with Crippen LogP contribution in [0.4, 0.5) is 0 Å². The number of ether oxygens (including phenoxy) is 7. The highest BCUT2D eigenvalue weighted by Gasteiger charge is 2.62. The molecule has 2 unspecified atom stereocenters. The lowest BCUT2D eigenvalue weighted by Crippen LogP contribution is -2.70. The molecule has 54 heavy (non-hydrogen) atoms. The zero-order chi connectivity index (χ0) is 40.9. The predicted molar refractivity (Wildman–Crippen MR) is 184 cm³/mol. The third-order valence-corrected chi connectivity index (χ3v) is 9.86. The molecular weight excluding hydrogens is 740 g/mol. The normalized spacial score (nSPS) is 34.3. The van der Waals surface area contributed by atoms with E-state index in [4.69, 9.17) is 38.6 Å². The fourth-order valence-corrected chi connectivity index (χ4v) is 6.56. The van der Waals surface area contributed by atoms with Crippen molar-refractivity contribution in [2.75, 3.05) is 13.7 Å². The number of nitrogens with zero attached hydrogens (tertiary/aromatic N) is 1. The Bertz CT molecular complexity index is 1610. The van der Waals surface area contributed by atoms with E-state index in [0.717, 1.165) is 6.92 Å². The maximum atomic E-state index is 13.3. The van der Waals surface area contributed by atoms with Crippen molar-refractivity contribution in [1.82, 2.24) is 0 Å². The Morgan fingerprint density at radius 2 is 1.83 bits per heavy atom. The fourth-order valence-electron chi connectivity index (χ4n) is 6.46. The minimum atomic E-state index is -3.03. The molecule has 2 heterocycles. The summed E-state index contributed by atoms with van der Waals surface area (Å²) in [5.41, 5.74) is -7.74. The number of carboxylic acids is 1. The molecule has 0 bridgehead atoms. The largest absolute Gasteiger partial charge is 0.508 e. The van der Waals surface area contributed by atoms with E-state index in [1.54, 1.807) is 13.8 Å². The van der Waals surface area contributed by atoms with Gasteiger partial charge in [0.2, 0.25) is 0 Å². The lowest BCUT2D eigenvalue weighted by Gasteiger charge is -2.52. The fraction of sp³-hybridized carbons (Fsp3) is 0.676. The summed E-state index contributed by atoms with van der Waals surface area (Å²) in [7, 11) is 1.27. The van der Waals surface area contributed by atoms with E-state index >= 15 is 0 Å². The molecule has 2 aliphatic heterocycles. The molecule has 3 rings (SSSR count). The van der Waals surface area contributed by atoms with Gasteiger partial charge in [-0.1, -0.05) is 19.9 Å². The van der Waals surface area contributed by atoms with Crippen LogP contribution in [0.1, 0.15) is 60.8 Å². The highest BCUT2D eigenvalue weighted by atomic mass is 32.1. The lowest BCUT2D eigenvalue weighted by molar-refractivity contribution is -0.345. The average molecular weight is 787 g/mol. The third-order valence-electron chi connectivity index (χ3n) is 9.77. The van der Waals surface area contributed by atoms with Crippen LogP contribution < -0.4 is 0 Å². The van der Waals surface area contributed by atoms with Crippen LogP contribution in [0.3, 0.4) is 0 Å². The number of aliphatic carboxylic acids is 1. The molecule has 2 saturated heterocycles. The van der Waals surface area contributed by atoms with Crippen molar-refractivity contribution in [2.24, 2.45) is 10.9 Å². The number of carbonyl (C=O) groups is 5. The molecule has 300 valence electrons. The number of methoxy groups -OCH3 is 1. The number of carboxylic acid groups (broad SMARTS) is 1. The van der Waals surface area contributed by atoms with Crippen LogP contribution in [0.5, 0.6) is 0 Å². The van der Waals surface area contributed by atoms with Gasteiger partial charge < -0.3 is 58.7 Å². The second kappa shape index (κ2) is 18.1. The minimum Gasteiger partial charge on any atom is -0.508 e. The Hall–Kier alpha value is -3.98. The van der Waals surface area contributed by atoms with Crippen molar-refractivity contribution in [2.45, 2.75) is 127 Å². The smallest absolute Gasteiger partial charge is 0.357 e. The Morgan fingerprint density at radius 1 is 1.19 bits per heavy atom. The van der Waals surface area contributed by atoms with Gasteiger partial charge in [-0.25, -0.2) is 9.59 Å². The van der Waals surface area contributed by atoms with Gasteiger partial charge in [-0.2, -0.15) is 4.99 Å². The van der Waals surface area contributed by atoms with Gasteiger partial charge >= 0.3 is 23.9 Å². The summed E-state index contributed by atoms with van der Waals surface area (Å²) in [6.07, 6.45) is -14.5. The summed E-state index contributed by atoms with van der Waals surface area (Å²) in [6.45, 7) is 8.03. The number of Topliss-reactive ketones (excluding diaryl/α,β-unsaturated/α-hetero) is 1. The van der Waals surface area contributed by atoms with Crippen molar-refractivity contribution in [3.63, 3.8) is 0 Å². The van der Waals surface area contributed by atoms with Crippen LogP contribution in [0.25, 0.3) is 0 Å². The van der Waals surface area contributed by atoms with Crippen LogP contribution in [0.2, 0.25) is 0 Å². The van der Waals surface area contributed by atoms with Gasteiger partial charge in [-0.05, 0) is 39.4 Å². The molecule has 19 nitrogen and oxygen atoms in total. The topological polar surface area (TPSA) is 287 Å². The first kappa shape index (κ1) is 44.4. The molecule has 1 aliphatic carbocycles. The number of allylic oxidation sites excluding steroid dienone is 1. The van der Waals surface area contributed by atoms with Crippen LogP contribution in [0, 0.1) is 11.3 Å². The standard InChI is InChI=1S/C34H46N2O17S/c1-8-14(3)31(43)50-16(5)34(46)15(4)49-22(10-21(34)47-7)52-27-25(39)29(33(45)11-19(38)24(35)23(28(33)40)30(41)42)51-20(12-48-17(6)37)26(27)53-32(44)18(9-2)36-13-54/h9,14-16,20-22,25-27,29,35,39-40,45-46H,8,10-12H2,1-7H3,(H,41,42)/t14-,15-,16?,20?,21+,22+,25+,26-,27-,29-,33-,34+/m0/s1. The molecule has 0 aromatic carbocycles. The summed E-state index contributed by atoms with van der Waals surface area (Å²) < 4.78 is 40.0. The van der Waals surface area contributed by atoms with Crippen LogP contribution >= 0.6 is 12.2 Å². The summed E-state index contributed by atoms with van der Waals surface area (Å²) in [4.78, 5) is 66.3. The molecule has 12 atom stereocenters. The number of ketones is 1. The molecule has 6 N–H and O–H groups in total. The molecule has 20 heteroatoms. The van der Waals surface area contributed by atoms with Crippen molar-refractivity contribution in [3.05, 3.63) is 23.1 Å². The quantitative estimate of drug-likeness (QED) is 0.0458. The number of aliphatic hydroxyl groups excluding tert-OH is 2. The van der Waals surface area contributed by atoms with E-state index in [-0.39, 0.29) is 12.1 Å². The monoisotopic (exact) mass is 786 g/mol. The van der Waals surface area contributed by atoms with Crippen LogP contribution in [-0.2, 0) is 57.1 Å². The summed E-state index contributed by atoms with van der Waals surface area (Å²) in [5, 5.41) is 66.2. The van der Waals surface area contributed by atoms with Gasteiger partial charge in [0.05, 0.1) is 29.7 Å². The number of aliphatic hydroxyl groups is 4. The molecule has 0 aromatic rings. The van der Waals surface area contributed by atoms with Gasteiger partial charge in [-0.15, -0.1) is 0 Å². The number of esters is 3. The number of thiocarbonyl (C=S) groups is 1. The SMILES string of the molecule is CC=C(N=C=S)C(=O)O[C@H]1C(COC(C)=O)O[C@H]([C@]2(O)CC(=O)C(=N)C(C(=O)O)=C2O)[C@H](O)[C@@H]1O[C@@H]1C[C@@H](OC)[C@](O)(C(C)OC(=O)[C@@H](C)CC)[C@H](C)O1. The van der Waals surface area contributed by atoms with Gasteiger partial charge in [0.1, 0.15) is 54.2 Å². The number of nitrogens with one attached hydrogen (secondary N) is 1. The Kier molecular flexibility index (Phi) is 14.9. The Balaban J connectivity index is 2.14. The van der Waals surface area contributed by atoms with Crippen LogP contribution in [-0.4, -0.2) is 146 Å². The van der Waals surface area contributed by atoms with Crippen molar-refractivity contribution in [1.29, 1.82) is 5.41 Å².